The molecule has 0 fully saturated rings. The number of rotatable bonds is 10. The van der Waals surface area contributed by atoms with E-state index >= 15 is 0 Å². The quantitative estimate of drug-likeness (QED) is 0.0944. The summed E-state index contributed by atoms with van der Waals surface area (Å²) in [5.41, 5.74) is -5.48. The van der Waals surface area contributed by atoms with Crippen LogP contribution in [0.2, 0.25) is 0 Å². The predicted octanol–water partition coefficient (Wildman–Crippen LogP) is -9.41. The molecule has 210 valence electrons. The van der Waals surface area contributed by atoms with Crippen LogP contribution in [-0.4, -0.2) is 273 Å². The van der Waals surface area contributed by atoms with E-state index in [-0.39, 0.29) is 185 Å². The Morgan fingerprint density at radius 3 is 0.556 bits per heavy atom. The summed E-state index contributed by atoms with van der Waals surface area (Å²) in [6.07, 6.45) is -4.58. The number of hydrogen-bond donors (Lipinski definition) is 8. The van der Waals surface area contributed by atoms with Gasteiger partial charge in [0.15, 0.2) is 11.2 Å². The first kappa shape index (κ1) is 76.8. The molecule has 0 aliphatic rings. The third kappa shape index (κ3) is 37.3. The van der Waals surface area contributed by atoms with Crippen LogP contribution >= 0.6 is 0 Å². The van der Waals surface area contributed by atoms with Crippen molar-refractivity contribution in [1.82, 2.24) is 0 Å². The van der Waals surface area contributed by atoms with Crippen LogP contribution in [0.25, 0.3) is 0 Å². The number of carboxylic acids is 6. The minimum absolute atomic E-state index is 0. The molecular formula is C12H30Ba3O21. The zero-order valence-corrected chi connectivity index (χ0v) is 31.8. The molecule has 0 heterocycles. The van der Waals surface area contributed by atoms with Gasteiger partial charge in [-0.05, 0) is 0 Å². The first-order valence-corrected chi connectivity index (χ1v) is 6.34. The molecule has 0 aromatic carbocycles. The first-order chi connectivity index (χ1) is 11.6. The van der Waals surface area contributed by atoms with Crippen molar-refractivity contribution in [1.29, 1.82) is 0 Å². The van der Waals surface area contributed by atoms with Gasteiger partial charge in [-0.1, -0.05) is 0 Å². The van der Waals surface area contributed by atoms with Crippen LogP contribution in [0.15, 0.2) is 0 Å². The van der Waals surface area contributed by atoms with E-state index in [1.165, 1.54) is 0 Å². The average molecular weight is 922 g/mol. The molecule has 0 rings (SSSR count). The summed E-state index contributed by atoms with van der Waals surface area (Å²) in [5.74, 6) is -10.0. The van der Waals surface area contributed by atoms with Crippen LogP contribution in [0.5, 0.6) is 0 Å². The Labute approximate surface area is 321 Å². The normalized spacial score (nSPS) is 7.83. The van der Waals surface area contributed by atoms with Gasteiger partial charge in [0.05, 0.1) is 25.7 Å². The van der Waals surface area contributed by atoms with Gasteiger partial charge in [0.1, 0.15) is 0 Å². The van der Waals surface area contributed by atoms with E-state index in [1.54, 1.807) is 0 Å². The van der Waals surface area contributed by atoms with E-state index in [9.17, 15) is 28.8 Å². The zero-order valence-electron chi connectivity index (χ0n) is 18.5. The number of aliphatic hydroxyl groups is 2. The largest absolute Gasteiger partial charge is 0.481 e. The molecule has 0 aromatic heterocycles. The average Bonchev–Trinajstić information content (AvgIpc) is 2.34. The van der Waals surface area contributed by atoms with Crippen LogP contribution in [0, 0.1) is 0 Å². The van der Waals surface area contributed by atoms with E-state index in [0.29, 0.717) is 0 Å². The van der Waals surface area contributed by atoms with Crippen LogP contribution in [0.4, 0.5) is 0 Å². The van der Waals surface area contributed by atoms with Crippen LogP contribution in [0.1, 0.15) is 25.7 Å². The van der Waals surface area contributed by atoms with Gasteiger partial charge < -0.3 is 79.2 Å². The Bertz CT molecular complexity index is 527. The molecule has 0 spiro atoms. The second-order valence-corrected chi connectivity index (χ2v) is 4.96. The van der Waals surface area contributed by atoms with Crippen molar-refractivity contribution in [2.75, 3.05) is 0 Å². The molecule has 0 aromatic rings. The van der Waals surface area contributed by atoms with Crippen molar-refractivity contribution in [2.24, 2.45) is 0 Å². The van der Waals surface area contributed by atoms with Crippen molar-refractivity contribution < 1.29 is 108 Å². The summed E-state index contributed by atoms with van der Waals surface area (Å²) in [6, 6.07) is 0. The van der Waals surface area contributed by atoms with Gasteiger partial charge >= 0.3 is 35.8 Å². The predicted molar refractivity (Wildman–Crippen MR) is 117 cm³/mol. The smallest absolute Gasteiger partial charge is 0.336 e. The molecule has 0 saturated heterocycles. The summed E-state index contributed by atoms with van der Waals surface area (Å²) in [5, 5.41) is 67.6. The van der Waals surface area contributed by atoms with Crippen molar-refractivity contribution >= 4 is 182 Å². The molecule has 22 N–H and O–H groups in total. The standard InChI is InChI=1S/2C6H8O7.3Ba.7H2O/c2*7-3(8)1-6(13,5(11)12)2-4(9)10;;;;;;;;;;/h2*13H,1-2H2,(H,7,8)(H,9,10)(H,11,12);;;;7*1H2. The molecule has 0 unspecified atom stereocenters. The molecule has 24 heteroatoms. The Balaban J connectivity index is -0.0000000250. The van der Waals surface area contributed by atoms with Gasteiger partial charge in [0.2, 0.25) is 0 Å². The summed E-state index contributed by atoms with van der Waals surface area (Å²) in [6.45, 7) is 0. The van der Waals surface area contributed by atoms with E-state index in [2.05, 4.69) is 0 Å². The minimum atomic E-state index is -2.74. The fraction of sp³-hybridized carbons (Fsp3) is 0.500. The Morgan fingerprint density at radius 2 is 0.500 bits per heavy atom. The molecule has 0 saturated carbocycles. The maximum Gasteiger partial charge on any atom is 0.336 e. The molecule has 36 heavy (non-hydrogen) atoms. The third-order valence-corrected chi connectivity index (χ3v) is 2.57. The van der Waals surface area contributed by atoms with E-state index < -0.39 is 72.7 Å². The van der Waals surface area contributed by atoms with E-state index in [1.807, 2.05) is 0 Å². The molecule has 0 aliphatic heterocycles. The van der Waals surface area contributed by atoms with Crippen LogP contribution in [-0.2, 0) is 28.8 Å². The summed E-state index contributed by atoms with van der Waals surface area (Å²) in [4.78, 5) is 61.0. The van der Waals surface area contributed by atoms with Crippen molar-refractivity contribution in [3.05, 3.63) is 0 Å². The van der Waals surface area contributed by atoms with Crippen molar-refractivity contribution in [3.8, 4) is 0 Å². The second kappa shape index (κ2) is 36.2. The SMILES string of the molecule is O.O.O.O.O.O.O.O=C(O)CC(O)(CC(=O)O)C(=O)O.O=C(O)CC(O)(CC(=O)O)C(=O)O.[Ba].[Ba].[Ba]. The van der Waals surface area contributed by atoms with Crippen molar-refractivity contribution in [2.45, 2.75) is 36.9 Å². The monoisotopic (exact) mass is 924 g/mol. The van der Waals surface area contributed by atoms with E-state index in [0.717, 1.165) is 0 Å². The maximum absolute atomic E-state index is 10.3. The second-order valence-electron chi connectivity index (χ2n) is 4.96. The number of carbonyl (C=O) groups is 6. The fourth-order valence-electron chi connectivity index (χ4n) is 1.43. The zero-order chi connectivity index (χ0) is 21.3. The van der Waals surface area contributed by atoms with Gasteiger partial charge in [0.25, 0.3) is 0 Å². The van der Waals surface area contributed by atoms with Gasteiger partial charge in [0, 0.05) is 147 Å². The summed E-state index contributed by atoms with van der Waals surface area (Å²) >= 11 is 0. The molecule has 0 bridgehead atoms. The molecule has 21 nitrogen and oxygen atoms in total. The Morgan fingerprint density at radius 1 is 0.389 bits per heavy atom. The molecule has 0 aliphatic carbocycles. The number of carboxylic acid groups (broad SMARTS) is 6. The summed E-state index contributed by atoms with van der Waals surface area (Å²) < 4.78 is 0. The van der Waals surface area contributed by atoms with Gasteiger partial charge in [-0.2, -0.15) is 0 Å². The van der Waals surface area contributed by atoms with Crippen LogP contribution < -0.4 is 0 Å². The first-order valence-electron chi connectivity index (χ1n) is 6.34. The molecule has 0 amide bonds. The molecule has 6 radical (unpaired) electrons. The Hall–Kier alpha value is 1.17. The maximum atomic E-state index is 10.3. The number of aliphatic carboxylic acids is 6. The topological polar surface area (TPSA) is 485 Å². The van der Waals surface area contributed by atoms with Gasteiger partial charge in [-0.25, -0.2) is 9.59 Å². The molecule has 0 atom stereocenters. The summed E-state index contributed by atoms with van der Waals surface area (Å²) in [7, 11) is 0. The van der Waals surface area contributed by atoms with E-state index in [4.69, 9.17) is 40.9 Å². The number of hydrogen-bond acceptors (Lipinski definition) is 8. The fourth-order valence-corrected chi connectivity index (χ4v) is 1.43. The third-order valence-electron chi connectivity index (χ3n) is 2.57. The molecular weight excluding hydrogens is 892 g/mol. The van der Waals surface area contributed by atoms with Crippen LogP contribution in [0.3, 0.4) is 0 Å². The van der Waals surface area contributed by atoms with Crippen molar-refractivity contribution in [3.63, 3.8) is 0 Å². The van der Waals surface area contributed by atoms with Gasteiger partial charge in [-0.15, -0.1) is 0 Å². The van der Waals surface area contributed by atoms with Gasteiger partial charge in [-0.3, -0.25) is 19.2 Å². The minimum Gasteiger partial charge on any atom is -0.481 e. The Kier molecular flexibility index (Phi) is 77.1.